The van der Waals surface area contributed by atoms with Crippen LogP contribution in [0.15, 0.2) is 127 Å². The molecule has 0 N–H and O–H groups in total. The predicted molar refractivity (Wildman–Crippen MR) is 308 cm³/mol. The zero-order valence-corrected chi connectivity index (χ0v) is 48.3. The normalized spacial score (nSPS) is 19.6. The first kappa shape index (κ1) is 55.0. The van der Waals surface area contributed by atoms with Crippen LogP contribution >= 0.6 is 27.3 Å². The number of hydrogen-bond acceptors (Lipinski definition) is 2. The number of anilines is 2. The van der Waals surface area contributed by atoms with E-state index in [1.54, 1.807) is 77.0 Å². The average molecular weight is 1090 g/mol. The van der Waals surface area contributed by atoms with Gasteiger partial charge in [0.05, 0.1) is 18.8 Å². The third kappa shape index (κ3) is 14.7. The second-order valence-corrected chi connectivity index (χ2v) is 30.9. The predicted octanol–water partition coefficient (Wildman–Crippen LogP) is 20.2. The molecule has 5 aromatic carbocycles. The van der Waals surface area contributed by atoms with Gasteiger partial charge in [-0.25, -0.2) is 0 Å². The van der Waals surface area contributed by atoms with Crippen molar-refractivity contribution in [2.75, 3.05) is 16.5 Å². The first-order valence-electron chi connectivity index (χ1n) is 27.5. The van der Waals surface area contributed by atoms with E-state index in [0.29, 0.717) is 31.6 Å². The van der Waals surface area contributed by atoms with Gasteiger partial charge in [-0.1, -0.05) is 206 Å². The molecule has 3 aliphatic carbocycles. The van der Waals surface area contributed by atoms with Crippen LogP contribution in [0.25, 0.3) is 0 Å². The maximum atomic E-state index is 5.67. The Bertz CT molecular complexity index is 2170. The molecule has 3 saturated carbocycles. The van der Waals surface area contributed by atoms with Gasteiger partial charge in [0, 0.05) is 11.4 Å². The van der Waals surface area contributed by atoms with E-state index in [4.69, 9.17) is 19.4 Å². The van der Waals surface area contributed by atoms with Gasteiger partial charge in [0.25, 0.3) is 0 Å². The molecule has 9 rings (SSSR count). The van der Waals surface area contributed by atoms with Gasteiger partial charge in [0.1, 0.15) is 0 Å². The molecule has 2 atom stereocenters. The van der Waals surface area contributed by atoms with Gasteiger partial charge in [-0.3, -0.25) is 0 Å². The van der Waals surface area contributed by atoms with E-state index >= 15 is 0 Å². The zero-order chi connectivity index (χ0) is 49.6. The van der Waals surface area contributed by atoms with Crippen LogP contribution in [0.5, 0.6) is 0 Å². The summed E-state index contributed by atoms with van der Waals surface area (Å²) in [6.45, 7) is 19.4. The van der Waals surface area contributed by atoms with Crippen LogP contribution in [0, 0.1) is 0 Å². The number of nitrogens with zero attached hydrogens (tertiary/aromatic N) is 2. The summed E-state index contributed by atoms with van der Waals surface area (Å²) < 4.78 is 1.92. The van der Waals surface area contributed by atoms with Crippen molar-refractivity contribution >= 4 is 43.3 Å². The van der Waals surface area contributed by atoms with Crippen molar-refractivity contribution in [2.45, 2.75) is 204 Å². The third-order valence-electron chi connectivity index (χ3n) is 15.8. The molecule has 4 fully saturated rings. The Labute approximate surface area is 441 Å². The minimum atomic E-state index is -1.61. The third-order valence-corrected chi connectivity index (χ3v) is 21.8. The Morgan fingerprint density at radius 1 is 0.443 bits per heavy atom. The monoisotopic (exact) mass is 1090 g/mol. The standard InChI is InChI=1S/C39H48N2.C18H33P.C7H6.2ClH.Ru/c1-26(2)32-19-21-34(28(5)6)36(23-32)40-25-41(37-24-33(27(3)4)20-22-35(37)29(7)8)39(31-17-13-10-14-18-31)38(40)30-15-11-9-12-16-30;1-4-10-16(11-5-1)19(17-12-6-2-7-13-17)18-14-8-3-9-15-18;1-7-5-3-2-4-6-7;;;/h9-24,26-29,38-39H,25H2,1-8H3;16-18H,1-15H2;1-6H;2*1H;/q;;;;;+2/p-2/t38-,39-;;;;;/m1...../s1. The summed E-state index contributed by atoms with van der Waals surface area (Å²) in [5.74, 6) is 1.82. The van der Waals surface area contributed by atoms with Gasteiger partial charge >= 0.3 is 73.4 Å². The van der Waals surface area contributed by atoms with Crippen molar-refractivity contribution in [1.82, 2.24) is 0 Å². The summed E-state index contributed by atoms with van der Waals surface area (Å²) in [6, 6.07) is 47.0. The fourth-order valence-electron chi connectivity index (χ4n) is 12.1. The van der Waals surface area contributed by atoms with Crippen molar-refractivity contribution in [3.8, 4) is 0 Å². The molecule has 0 spiro atoms. The van der Waals surface area contributed by atoms with Crippen LogP contribution in [-0.2, 0) is 13.5 Å². The SMILES string of the molecule is C1CCC(P(C2CCCCC2)C2CCCCC2)CC1.CC(C)c1ccc(C(C)C)c(N2CN(c3cc(C(C)C)ccc3C(C)C)[C@H](c3ccccc3)[C@H]2c2ccccc2)c1.[Cl][Ru]([Cl])=[CH]c1ccccc1. The first-order chi connectivity index (χ1) is 33.9. The average Bonchev–Trinajstić information content (AvgIpc) is 3.79. The fourth-order valence-corrected chi connectivity index (χ4v) is 18.6. The Hall–Kier alpha value is -2.80. The van der Waals surface area contributed by atoms with Gasteiger partial charge in [0.15, 0.2) is 0 Å². The molecular weight excluding hydrogens is 1000 g/mol. The van der Waals surface area contributed by atoms with E-state index in [-0.39, 0.29) is 12.1 Å². The van der Waals surface area contributed by atoms with E-state index in [0.717, 1.165) is 12.2 Å². The molecule has 1 heterocycles. The molecule has 5 aromatic rings. The summed E-state index contributed by atoms with van der Waals surface area (Å²) in [5.41, 5.74) is 15.8. The minimum absolute atomic E-state index is 0.168. The Kier molecular flexibility index (Phi) is 21.6. The van der Waals surface area contributed by atoms with E-state index < -0.39 is 13.5 Å². The van der Waals surface area contributed by atoms with E-state index in [1.807, 2.05) is 34.9 Å². The number of benzene rings is 5. The Balaban J connectivity index is 0.000000202. The summed E-state index contributed by atoms with van der Waals surface area (Å²) in [4.78, 5) is 5.42. The first-order valence-corrected chi connectivity index (χ1v) is 34.5. The topological polar surface area (TPSA) is 6.48 Å². The zero-order valence-electron chi connectivity index (χ0n) is 44.2. The molecule has 70 heavy (non-hydrogen) atoms. The van der Waals surface area contributed by atoms with E-state index in [9.17, 15) is 0 Å². The number of halogens is 2. The van der Waals surface area contributed by atoms with Crippen LogP contribution < -0.4 is 9.80 Å². The fraction of sp³-hybridized carbons (Fsp3) is 0.516. The van der Waals surface area contributed by atoms with Crippen LogP contribution in [-0.4, -0.2) is 28.3 Å². The van der Waals surface area contributed by atoms with Crippen molar-refractivity contribution < 1.29 is 13.5 Å². The summed E-state index contributed by atoms with van der Waals surface area (Å²) in [5, 5.41) is 0. The molecule has 380 valence electrons. The van der Waals surface area contributed by atoms with Crippen molar-refractivity contribution in [2.24, 2.45) is 0 Å². The van der Waals surface area contributed by atoms with Gasteiger partial charge in [-0.05, 0) is 125 Å². The van der Waals surface area contributed by atoms with Crippen molar-refractivity contribution in [3.05, 3.63) is 166 Å². The molecule has 0 aromatic heterocycles. The molecule has 0 unspecified atom stereocenters. The van der Waals surface area contributed by atoms with Crippen LogP contribution in [0.4, 0.5) is 11.4 Å². The quantitative estimate of drug-likeness (QED) is 0.0907. The molecule has 2 nitrogen and oxygen atoms in total. The van der Waals surface area contributed by atoms with Gasteiger partial charge in [-0.15, -0.1) is 0 Å². The van der Waals surface area contributed by atoms with Crippen LogP contribution in [0.3, 0.4) is 0 Å². The molecule has 6 heteroatoms. The van der Waals surface area contributed by atoms with Crippen molar-refractivity contribution in [1.29, 1.82) is 0 Å². The molecule has 0 radical (unpaired) electrons. The maximum absolute atomic E-state index is 5.67. The molecule has 0 bridgehead atoms. The second kappa shape index (κ2) is 27.5. The van der Waals surface area contributed by atoms with Gasteiger partial charge in [0.2, 0.25) is 0 Å². The number of hydrogen-bond donors (Lipinski definition) is 0. The molecular formula is C64H87Cl2N2PRu. The molecule has 1 aliphatic heterocycles. The Morgan fingerprint density at radius 2 is 0.786 bits per heavy atom. The van der Waals surface area contributed by atoms with E-state index in [2.05, 4.69) is 162 Å². The van der Waals surface area contributed by atoms with E-state index in [1.165, 1.54) is 81.0 Å². The van der Waals surface area contributed by atoms with Gasteiger partial charge in [-0.2, -0.15) is 0 Å². The van der Waals surface area contributed by atoms with Crippen LogP contribution in [0.2, 0.25) is 0 Å². The van der Waals surface area contributed by atoms with Gasteiger partial charge < -0.3 is 9.80 Å². The summed E-state index contributed by atoms with van der Waals surface area (Å²) >= 11 is -1.61. The number of rotatable bonds is 12. The molecule has 0 amide bonds. The second-order valence-electron chi connectivity index (χ2n) is 22.1. The van der Waals surface area contributed by atoms with Crippen LogP contribution in [0.1, 0.15) is 226 Å². The Morgan fingerprint density at radius 3 is 1.10 bits per heavy atom. The summed E-state index contributed by atoms with van der Waals surface area (Å²) in [6.07, 6.45) is 23.6. The van der Waals surface area contributed by atoms with Crippen molar-refractivity contribution in [3.63, 3.8) is 0 Å². The summed E-state index contributed by atoms with van der Waals surface area (Å²) in [7, 11) is 11.7. The molecule has 1 saturated heterocycles. The molecule has 4 aliphatic rings.